The van der Waals surface area contributed by atoms with Crippen LogP contribution in [0.25, 0.3) is 0 Å². The van der Waals surface area contributed by atoms with Gasteiger partial charge in [-0.1, -0.05) is 0 Å². The molecule has 9 heteroatoms. The number of nitrogens with zero attached hydrogens (tertiary/aromatic N) is 2. The maximum Gasteiger partial charge on any atom is 0.435 e. The summed E-state index contributed by atoms with van der Waals surface area (Å²) in [5, 5.41) is 6.11. The maximum absolute atomic E-state index is 13.4. The first-order valence-electron chi connectivity index (χ1n) is 6.02. The van der Waals surface area contributed by atoms with Crippen molar-refractivity contribution in [2.45, 2.75) is 19.3 Å². The van der Waals surface area contributed by atoms with Gasteiger partial charge in [-0.2, -0.15) is 18.3 Å². The fourth-order valence-electron chi connectivity index (χ4n) is 1.81. The van der Waals surface area contributed by atoms with Gasteiger partial charge < -0.3 is 5.32 Å². The van der Waals surface area contributed by atoms with Crippen molar-refractivity contribution in [1.82, 2.24) is 15.1 Å². The Labute approximate surface area is 129 Å². The number of halogens is 6. The monoisotopic (exact) mass is 341 g/mol. The highest BCUT2D eigenvalue weighted by Gasteiger charge is 2.34. The summed E-state index contributed by atoms with van der Waals surface area (Å²) in [6.45, 7) is 0.0473. The molecule has 2 aromatic rings. The first kappa shape index (κ1) is 18.4. The van der Waals surface area contributed by atoms with Crippen LogP contribution in [-0.4, -0.2) is 9.78 Å². The number of aryl methyl sites for hydroxylation is 1. The molecule has 0 saturated heterocycles. The summed E-state index contributed by atoms with van der Waals surface area (Å²) in [7, 11) is 1.38. The second-order valence-corrected chi connectivity index (χ2v) is 4.48. The van der Waals surface area contributed by atoms with E-state index in [4.69, 9.17) is 0 Å². The number of nitrogens with one attached hydrogen (secondary N) is 1. The van der Waals surface area contributed by atoms with E-state index < -0.39 is 23.5 Å². The van der Waals surface area contributed by atoms with Crippen molar-refractivity contribution in [3.05, 3.63) is 52.9 Å². The Morgan fingerprint density at radius 3 is 2.41 bits per heavy atom. The van der Waals surface area contributed by atoms with Crippen molar-refractivity contribution < 1.29 is 22.0 Å². The molecule has 122 valence electrons. The van der Waals surface area contributed by atoms with Gasteiger partial charge in [0.2, 0.25) is 0 Å². The Hall–Kier alpha value is -1.67. The summed E-state index contributed by atoms with van der Waals surface area (Å²) >= 11 is 0. The minimum absolute atomic E-state index is 0. The van der Waals surface area contributed by atoms with E-state index in [9.17, 15) is 22.0 Å². The fraction of sp³-hybridized carbons (Fsp3) is 0.308. The lowest BCUT2D eigenvalue weighted by molar-refractivity contribution is -0.141. The highest BCUT2D eigenvalue weighted by Crippen LogP contribution is 2.28. The van der Waals surface area contributed by atoms with Crippen molar-refractivity contribution in [1.29, 1.82) is 0 Å². The first-order valence-corrected chi connectivity index (χ1v) is 6.02. The molecule has 0 spiro atoms. The first-order chi connectivity index (χ1) is 9.77. The van der Waals surface area contributed by atoms with Gasteiger partial charge in [0, 0.05) is 25.7 Å². The molecule has 1 heterocycles. The van der Waals surface area contributed by atoms with Gasteiger partial charge in [0.25, 0.3) is 0 Å². The van der Waals surface area contributed by atoms with Gasteiger partial charge in [-0.15, -0.1) is 12.4 Å². The predicted octanol–water partition coefficient (Wildman–Crippen LogP) is 3.43. The summed E-state index contributed by atoms with van der Waals surface area (Å²) < 4.78 is 64.9. The van der Waals surface area contributed by atoms with Crippen molar-refractivity contribution in [3.63, 3.8) is 0 Å². The summed E-state index contributed by atoms with van der Waals surface area (Å²) in [5.74, 6) is -1.15. The number of rotatable bonds is 4. The van der Waals surface area contributed by atoms with E-state index in [1.165, 1.54) is 7.05 Å². The van der Waals surface area contributed by atoms with Crippen LogP contribution in [0.2, 0.25) is 0 Å². The van der Waals surface area contributed by atoms with E-state index in [0.717, 1.165) is 28.9 Å². The largest absolute Gasteiger partial charge is 0.435 e. The lowest BCUT2D eigenvalue weighted by atomic mass is 10.2. The van der Waals surface area contributed by atoms with Crippen LogP contribution in [0.1, 0.15) is 17.0 Å². The van der Waals surface area contributed by atoms with Crippen LogP contribution in [-0.2, 0) is 26.3 Å². The summed E-state index contributed by atoms with van der Waals surface area (Å²) in [6.07, 6.45) is -4.51. The summed E-state index contributed by atoms with van der Waals surface area (Å²) in [4.78, 5) is 0. The van der Waals surface area contributed by atoms with E-state index in [1.54, 1.807) is 0 Å². The van der Waals surface area contributed by atoms with Crippen molar-refractivity contribution in [2.24, 2.45) is 7.05 Å². The van der Waals surface area contributed by atoms with Gasteiger partial charge in [-0.3, -0.25) is 4.68 Å². The molecule has 0 aliphatic carbocycles. The van der Waals surface area contributed by atoms with E-state index >= 15 is 0 Å². The zero-order valence-corrected chi connectivity index (χ0v) is 12.2. The summed E-state index contributed by atoms with van der Waals surface area (Å²) in [6, 6.07) is 3.94. The van der Waals surface area contributed by atoms with E-state index in [1.807, 2.05) is 0 Å². The van der Waals surface area contributed by atoms with Crippen LogP contribution < -0.4 is 5.32 Å². The molecule has 0 saturated carbocycles. The van der Waals surface area contributed by atoms with Crippen LogP contribution in [0, 0.1) is 11.6 Å². The van der Waals surface area contributed by atoms with Crippen LogP contribution in [0.15, 0.2) is 24.3 Å². The van der Waals surface area contributed by atoms with Crippen LogP contribution in [0.5, 0.6) is 0 Å². The van der Waals surface area contributed by atoms with Gasteiger partial charge in [0.1, 0.15) is 11.6 Å². The smallest absolute Gasteiger partial charge is 0.307 e. The quantitative estimate of drug-likeness (QED) is 0.864. The molecule has 0 aliphatic rings. The minimum Gasteiger partial charge on any atom is -0.307 e. The number of benzene rings is 1. The minimum atomic E-state index is -4.51. The Morgan fingerprint density at radius 2 is 1.82 bits per heavy atom. The molecule has 2 rings (SSSR count). The summed E-state index contributed by atoms with van der Waals surface area (Å²) in [5.41, 5.74) is -0.592. The molecule has 0 atom stereocenters. The molecule has 1 aromatic heterocycles. The van der Waals surface area contributed by atoms with Crippen molar-refractivity contribution in [3.8, 4) is 0 Å². The van der Waals surface area contributed by atoms with E-state index in [0.29, 0.717) is 5.69 Å². The lowest BCUT2D eigenvalue weighted by Gasteiger charge is -2.06. The second-order valence-electron chi connectivity index (χ2n) is 4.48. The molecule has 1 aromatic carbocycles. The molecule has 0 radical (unpaired) electrons. The molecule has 0 aliphatic heterocycles. The van der Waals surface area contributed by atoms with Gasteiger partial charge >= 0.3 is 6.18 Å². The highest BCUT2D eigenvalue weighted by molar-refractivity contribution is 5.85. The normalized spacial score (nSPS) is 11.4. The third-order valence-corrected chi connectivity index (χ3v) is 2.90. The van der Waals surface area contributed by atoms with Crippen molar-refractivity contribution >= 4 is 12.4 Å². The molecular formula is C13H13ClF5N3. The van der Waals surface area contributed by atoms with Crippen molar-refractivity contribution in [2.75, 3.05) is 0 Å². The average Bonchev–Trinajstić information content (AvgIpc) is 2.75. The van der Waals surface area contributed by atoms with Gasteiger partial charge in [-0.25, -0.2) is 8.78 Å². The second kappa shape index (κ2) is 7.06. The maximum atomic E-state index is 13.4. The Kier molecular flexibility index (Phi) is 5.90. The fourth-order valence-corrected chi connectivity index (χ4v) is 1.81. The van der Waals surface area contributed by atoms with Gasteiger partial charge in [-0.05, 0) is 24.3 Å². The molecule has 0 unspecified atom stereocenters. The number of alkyl halides is 3. The van der Waals surface area contributed by atoms with Crippen LogP contribution in [0.3, 0.4) is 0 Å². The zero-order chi connectivity index (χ0) is 15.6. The van der Waals surface area contributed by atoms with Gasteiger partial charge in [0.05, 0.1) is 5.69 Å². The zero-order valence-electron chi connectivity index (χ0n) is 11.4. The topological polar surface area (TPSA) is 29.9 Å². The third kappa shape index (κ3) is 4.41. The van der Waals surface area contributed by atoms with E-state index in [-0.39, 0.29) is 31.1 Å². The Balaban J connectivity index is 0.00000242. The molecule has 1 N–H and O–H groups in total. The molecule has 0 bridgehead atoms. The van der Waals surface area contributed by atoms with Gasteiger partial charge in [0.15, 0.2) is 5.69 Å². The van der Waals surface area contributed by atoms with E-state index in [2.05, 4.69) is 10.4 Å². The molecule has 3 nitrogen and oxygen atoms in total. The molecule has 0 fully saturated rings. The number of hydrogen-bond donors (Lipinski definition) is 1. The lowest BCUT2D eigenvalue weighted by Crippen LogP contribution is -2.16. The third-order valence-electron chi connectivity index (χ3n) is 2.90. The highest BCUT2D eigenvalue weighted by atomic mass is 35.5. The molecule has 0 amide bonds. The number of aromatic nitrogens is 2. The predicted molar refractivity (Wildman–Crippen MR) is 72.4 cm³/mol. The standard InChI is InChI=1S/C13H12F5N3.ClH/c1-21-10(5-12(20-21)13(16,17)18)7-19-6-8-4-9(14)2-3-11(8)15;/h2-5,19H,6-7H2,1H3;1H. The average molecular weight is 342 g/mol. The Morgan fingerprint density at radius 1 is 1.14 bits per heavy atom. The number of hydrogen-bond acceptors (Lipinski definition) is 2. The van der Waals surface area contributed by atoms with Crippen LogP contribution in [0.4, 0.5) is 22.0 Å². The SMILES string of the molecule is Cl.Cn1nc(C(F)(F)F)cc1CNCc1cc(F)ccc1F. The van der Waals surface area contributed by atoms with Crippen LogP contribution >= 0.6 is 12.4 Å². The molecule has 22 heavy (non-hydrogen) atoms. The Bertz CT molecular complexity index is 639. The molecular weight excluding hydrogens is 329 g/mol.